The quantitative estimate of drug-likeness (QED) is 0.807. The van der Waals surface area contributed by atoms with Crippen LogP contribution in [0.2, 0.25) is 0 Å². The van der Waals surface area contributed by atoms with Crippen LogP contribution in [0.15, 0.2) is 18.3 Å². The molecule has 1 aromatic rings. The summed E-state index contributed by atoms with van der Waals surface area (Å²) >= 11 is 0. The molecule has 3 rings (SSSR count). The van der Waals surface area contributed by atoms with Crippen LogP contribution in [-0.2, 0) is 9.53 Å². The number of methoxy groups -OCH3 is 1. The maximum atomic E-state index is 12.6. The van der Waals surface area contributed by atoms with Crippen LogP contribution in [0.5, 0.6) is 5.88 Å². The Balaban J connectivity index is 1.79. The van der Waals surface area contributed by atoms with E-state index < -0.39 is 0 Å². The minimum Gasteiger partial charge on any atom is -0.481 e. The highest BCUT2D eigenvalue weighted by Gasteiger charge is 2.35. The summed E-state index contributed by atoms with van der Waals surface area (Å²) in [6, 6.07) is 3.18. The van der Waals surface area contributed by atoms with Gasteiger partial charge in [0.15, 0.2) is 0 Å². The molecule has 2 aliphatic heterocycles. The summed E-state index contributed by atoms with van der Waals surface area (Å²) < 4.78 is 10.4. The van der Waals surface area contributed by atoms with Crippen molar-refractivity contribution in [1.82, 2.24) is 15.2 Å². The molecule has 1 N–H and O–H groups in total. The number of ether oxygens (including phenoxy) is 2. The van der Waals surface area contributed by atoms with E-state index in [2.05, 4.69) is 10.3 Å². The van der Waals surface area contributed by atoms with E-state index in [0.717, 1.165) is 0 Å². The number of carbonyl (C=O) groups is 2. The van der Waals surface area contributed by atoms with E-state index in [1.807, 2.05) is 0 Å². The highest BCUT2D eigenvalue weighted by molar-refractivity contribution is 5.94. The molecule has 112 valence electrons. The summed E-state index contributed by atoms with van der Waals surface area (Å²) in [7, 11) is 1.52. The van der Waals surface area contributed by atoms with E-state index in [1.54, 1.807) is 17.0 Å². The van der Waals surface area contributed by atoms with Gasteiger partial charge in [-0.05, 0) is 6.07 Å². The molecule has 2 bridgehead atoms. The second kappa shape index (κ2) is 5.69. The Kier molecular flexibility index (Phi) is 3.74. The standard InChI is InChI=1S/C14H17N3O4/c1-20-12-3-2-9(4-15-12)14(19)17-5-10-7-21-8-11(6-17)16-13(10)18/h2-4,10-11H,5-8H2,1H3,(H,16,18)/t10-,11+/m1/s1. The van der Waals surface area contributed by atoms with Crippen molar-refractivity contribution in [2.75, 3.05) is 33.4 Å². The van der Waals surface area contributed by atoms with Gasteiger partial charge in [0.25, 0.3) is 5.91 Å². The van der Waals surface area contributed by atoms with Gasteiger partial charge in [0, 0.05) is 25.4 Å². The predicted octanol–water partition coefficient (Wildman–Crippen LogP) is -0.323. The van der Waals surface area contributed by atoms with Gasteiger partial charge in [-0.3, -0.25) is 9.59 Å². The predicted molar refractivity (Wildman–Crippen MR) is 72.9 cm³/mol. The van der Waals surface area contributed by atoms with Crippen LogP contribution >= 0.6 is 0 Å². The summed E-state index contributed by atoms with van der Waals surface area (Å²) in [5.41, 5.74) is 0.490. The molecule has 2 atom stereocenters. The number of pyridine rings is 1. The molecule has 7 heteroatoms. The van der Waals surface area contributed by atoms with E-state index in [-0.39, 0.29) is 23.8 Å². The van der Waals surface area contributed by atoms with Crippen LogP contribution in [0.1, 0.15) is 10.4 Å². The number of hydrogen-bond acceptors (Lipinski definition) is 5. The van der Waals surface area contributed by atoms with Crippen molar-refractivity contribution >= 4 is 11.8 Å². The second-order valence-electron chi connectivity index (χ2n) is 5.24. The molecule has 21 heavy (non-hydrogen) atoms. The van der Waals surface area contributed by atoms with Gasteiger partial charge in [0.1, 0.15) is 0 Å². The van der Waals surface area contributed by atoms with Gasteiger partial charge < -0.3 is 19.7 Å². The average Bonchev–Trinajstić information content (AvgIpc) is 2.75. The fourth-order valence-corrected chi connectivity index (χ4v) is 2.61. The molecular weight excluding hydrogens is 274 g/mol. The van der Waals surface area contributed by atoms with Gasteiger partial charge in [0.2, 0.25) is 11.8 Å². The number of nitrogens with zero attached hydrogens (tertiary/aromatic N) is 2. The summed E-state index contributed by atoms with van der Waals surface area (Å²) in [5.74, 6) is -0.0172. The molecule has 2 fully saturated rings. The normalized spacial score (nSPS) is 25.0. The van der Waals surface area contributed by atoms with E-state index in [4.69, 9.17) is 9.47 Å². The van der Waals surface area contributed by atoms with Crippen LogP contribution in [0.25, 0.3) is 0 Å². The fourth-order valence-electron chi connectivity index (χ4n) is 2.61. The Hall–Kier alpha value is -2.15. The summed E-state index contributed by atoms with van der Waals surface area (Å²) in [6.45, 7) is 1.61. The van der Waals surface area contributed by atoms with Crippen molar-refractivity contribution in [3.05, 3.63) is 23.9 Å². The molecule has 2 aliphatic rings. The molecule has 3 heterocycles. The first-order valence-electron chi connectivity index (χ1n) is 6.85. The first-order valence-corrected chi connectivity index (χ1v) is 6.85. The number of hydrogen-bond donors (Lipinski definition) is 1. The highest BCUT2D eigenvalue weighted by atomic mass is 16.5. The van der Waals surface area contributed by atoms with Crippen molar-refractivity contribution < 1.29 is 19.1 Å². The Bertz CT molecular complexity index is 546. The first kappa shape index (κ1) is 13.8. The van der Waals surface area contributed by atoms with Gasteiger partial charge in [-0.1, -0.05) is 0 Å². The number of carbonyl (C=O) groups excluding carboxylic acids is 2. The van der Waals surface area contributed by atoms with Gasteiger partial charge in [0.05, 0.1) is 37.8 Å². The number of fused-ring (bicyclic) bond motifs is 3. The summed E-state index contributed by atoms with van der Waals surface area (Å²) in [4.78, 5) is 30.2. The number of aromatic nitrogens is 1. The molecule has 2 saturated heterocycles. The van der Waals surface area contributed by atoms with Crippen molar-refractivity contribution in [1.29, 1.82) is 0 Å². The van der Waals surface area contributed by atoms with Crippen LogP contribution in [0.4, 0.5) is 0 Å². The third kappa shape index (κ3) is 2.82. The first-order chi connectivity index (χ1) is 10.2. The topological polar surface area (TPSA) is 80.8 Å². The molecule has 0 aliphatic carbocycles. The fraction of sp³-hybridized carbons (Fsp3) is 0.500. The SMILES string of the molecule is COc1ccc(C(=O)N2C[C@H]3COC[C@@H](C2)C(=O)N3)cn1. The Labute approximate surface area is 122 Å². The lowest BCUT2D eigenvalue weighted by molar-refractivity contribution is -0.125. The third-order valence-electron chi connectivity index (χ3n) is 3.72. The molecular formula is C14H17N3O4. The molecule has 0 radical (unpaired) electrons. The molecule has 1 aromatic heterocycles. The zero-order chi connectivity index (χ0) is 14.8. The summed E-state index contributed by atoms with van der Waals surface area (Å²) in [6.07, 6.45) is 1.49. The van der Waals surface area contributed by atoms with Crippen molar-refractivity contribution in [3.63, 3.8) is 0 Å². The van der Waals surface area contributed by atoms with Gasteiger partial charge in [-0.2, -0.15) is 0 Å². The van der Waals surface area contributed by atoms with Crippen LogP contribution in [0, 0.1) is 5.92 Å². The third-order valence-corrected chi connectivity index (χ3v) is 3.72. The number of nitrogens with one attached hydrogen (secondary N) is 1. The Morgan fingerprint density at radius 2 is 2.29 bits per heavy atom. The Morgan fingerprint density at radius 1 is 1.43 bits per heavy atom. The van der Waals surface area contributed by atoms with Gasteiger partial charge >= 0.3 is 0 Å². The molecule has 0 aromatic carbocycles. The minimum atomic E-state index is -0.312. The number of amides is 2. The van der Waals surface area contributed by atoms with Crippen molar-refractivity contribution in [2.45, 2.75) is 6.04 Å². The molecule has 0 saturated carbocycles. The van der Waals surface area contributed by atoms with Crippen LogP contribution in [-0.4, -0.2) is 61.2 Å². The maximum absolute atomic E-state index is 12.6. The smallest absolute Gasteiger partial charge is 0.255 e. The van der Waals surface area contributed by atoms with E-state index in [1.165, 1.54) is 13.3 Å². The lowest BCUT2D eigenvalue weighted by Gasteiger charge is -2.27. The largest absolute Gasteiger partial charge is 0.481 e. The molecule has 0 unspecified atom stereocenters. The van der Waals surface area contributed by atoms with Crippen LogP contribution < -0.4 is 10.1 Å². The van der Waals surface area contributed by atoms with Crippen LogP contribution in [0.3, 0.4) is 0 Å². The lowest BCUT2D eigenvalue weighted by atomic mass is 10.1. The maximum Gasteiger partial charge on any atom is 0.255 e. The molecule has 0 spiro atoms. The molecule has 2 amide bonds. The monoisotopic (exact) mass is 291 g/mol. The van der Waals surface area contributed by atoms with E-state index >= 15 is 0 Å². The molecule has 7 nitrogen and oxygen atoms in total. The minimum absolute atomic E-state index is 0.0411. The van der Waals surface area contributed by atoms with Gasteiger partial charge in [-0.15, -0.1) is 0 Å². The van der Waals surface area contributed by atoms with Crippen molar-refractivity contribution in [2.24, 2.45) is 5.92 Å². The van der Waals surface area contributed by atoms with Gasteiger partial charge in [-0.25, -0.2) is 4.98 Å². The highest BCUT2D eigenvalue weighted by Crippen LogP contribution is 2.17. The van der Waals surface area contributed by atoms with E-state index in [0.29, 0.717) is 37.7 Å². The Morgan fingerprint density at radius 3 is 3.00 bits per heavy atom. The second-order valence-corrected chi connectivity index (χ2v) is 5.24. The van der Waals surface area contributed by atoms with E-state index in [9.17, 15) is 9.59 Å². The lowest BCUT2D eigenvalue weighted by Crippen LogP contribution is -2.44. The number of rotatable bonds is 2. The van der Waals surface area contributed by atoms with Crippen molar-refractivity contribution in [3.8, 4) is 5.88 Å². The zero-order valence-electron chi connectivity index (χ0n) is 11.7. The zero-order valence-corrected chi connectivity index (χ0v) is 11.7. The summed E-state index contributed by atoms with van der Waals surface area (Å²) in [5, 5.41) is 2.90. The average molecular weight is 291 g/mol.